The lowest BCUT2D eigenvalue weighted by Gasteiger charge is -2.27. The third kappa shape index (κ3) is 3.08. The van der Waals surface area contributed by atoms with Gasteiger partial charge in [-0.25, -0.2) is 4.79 Å². The maximum atomic E-state index is 11.4. The molecule has 17 heavy (non-hydrogen) atoms. The first-order valence-electron chi connectivity index (χ1n) is 5.42. The topological polar surface area (TPSA) is 122 Å². The summed E-state index contributed by atoms with van der Waals surface area (Å²) in [6.45, 7) is 1.35. The van der Waals surface area contributed by atoms with Crippen molar-refractivity contribution in [2.24, 2.45) is 11.1 Å². The highest BCUT2D eigenvalue weighted by Gasteiger charge is 2.45. The summed E-state index contributed by atoms with van der Waals surface area (Å²) < 4.78 is 0. The van der Waals surface area contributed by atoms with Gasteiger partial charge in [0.2, 0.25) is 5.91 Å². The third-order valence-corrected chi connectivity index (χ3v) is 3.18. The van der Waals surface area contributed by atoms with Gasteiger partial charge in [-0.05, 0) is 19.8 Å². The number of aliphatic carboxylic acids is 1. The molecule has 7 nitrogen and oxygen atoms in total. The number of carbonyl (C=O) groups is 3. The smallest absolute Gasteiger partial charge is 0.315 e. The summed E-state index contributed by atoms with van der Waals surface area (Å²) in [4.78, 5) is 33.0. The van der Waals surface area contributed by atoms with Gasteiger partial charge in [0.15, 0.2) is 0 Å². The average molecular weight is 243 g/mol. The molecule has 1 aliphatic carbocycles. The summed E-state index contributed by atoms with van der Waals surface area (Å²) in [5, 5.41) is 14.0. The zero-order chi connectivity index (χ0) is 13.1. The van der Waals surface area contributed by atoms with Gasteiger partial charge in [-0.1, -0.05) is 6.42 Å². The second-order valence-electron chi connectivity index (χ2n) is 4.46. The molecule has 0 aromatic heterocycles. The van der Waals surface area contributed by atoms with Crippen molar-refractivity contribution >= 4 is 17.9 Å². The summed E-state index contributed by atoms with van der Waals surface area (Å²) in [7, 11) is 0. The molecule has 7 heteroatoms. The SMILES string of the molecule is CC1(C(=O)O)CCCC1NC(=O)NCC(N)=O. The Balaban J connectivity index is 2.53. The molecule has 2 unspecified atom stereocenters. The van der Waals surface area contributed by atoms with Gasteiger partial charge in [0, 0.05) is 6.04 Å². The van der Waals surface area contributed by atoms with Gasteiger partial charge in [0.1, 0.15) is 0 Å². The van der Waals surface area contributed by atoms with Crippen molar-refractivity contribution in [3.05, 3.63) is 0 Å². The van der Waals surface area contributed by atoms with Crippen LogP contribution in [0.1, 0.15) is 26.2 Å². The molecular weight excluding hydrogens is 226 g/mol. The van der Waals surface area contributed by atoms with Gasteiger partial charge < -0.3 is 21.5 Å². The van der Waals surface area contributed by atoms with E-state index in [4.69, 9.17) is 10.8 Å². The van der Waals surface area contributed by atoms with Crippen molar-refractivity contribution in [2.75, 3.05) is 6.54 Å². The fourth-order valence-corrected chi connectivity index (χ4v) is 2.03. The summed E-state index contributed by atoms with van der Waals surface area (Å²) in [5.74, 6) is -1.57. The van der Waals surface area contributed by atoms with E-state index in [-0.39, 0.29) is 6.54 Å². The third-order valence-electron chi connectivity index (χ3n) is 3.18. The van der Waals surface area contributed by atoms with Crippen molar-refractivity contribution in [3.8, 4) is 0 Å². The van der Waals surface area contributed by atoms with Gasteiger partial charge in [-0.2, -0.15) is 0 Å². The van der Waals surface area contributed by atoms with Gasteiger partial charge in [0.05, 0.1) is 12.0 Å². The molecule has 1 rings (SSSR count). The van der Waals surface area contributed by atoms with Gasteiger partial charge in [-0.3, -0.25) is 9.59 Å². The maximum absolute atomic E-state index is 11.4. The number of urea groups is 1. The first kappa shape index (κ1) is 13.3. The molecule has 0 aromatic carbocycles. The highest BCUT2D eigenvalue weighted by atomic mass is 16.4. The second kappa shape index (κ2) is 5.03. The monoisotopic (exact) mass is 243 g/mol. The summed E-state index contributed by atoms with van der Waals surface area (Å²) in [6, 6.07) is -0.990. The van der Waals surface area contributed by atoms with Crippen molar-refractivity contribution in [1.82, 2.24) is 10.6 Å². The Morgan fingerprint density at radius 2 is 2.12 bits per heavy atom. The Bertz CT molecular complexity index is 344. The molecule has 96 valence electrons. The zero-order valence-corrected chi connectivity index (χ0v) is 9.66. The van der Waals surface area contributed by atoms with Crippen molar-refractivity contribution in [1.29, 1.82) is 0 Å². The molecule has 0 spiro atoms. The number of rotatable bonds is 4. The number of primary amides is 1. The lowest BCUT2D eigenvalue weighted by atomic mass is 9.85. The molecule has 3 amide bonds. The number of carbonyl (C=O) groups excluding carboxylic acids is 2. The number of carboxylic acids is 1. The molecule has 0 radical (unpaired) electrons. The first-order chi connectivity index (χ1) is 7.86. The van der Waals surface area contributed by atoms with Crippen LogP contribution in [-0.4, -0.2) is 35.6 Å². The molecule has 0 saturated heterocycles. The Morgan fingerprint density at radius 1 is 1.47 bits per heavy atom. The number of nitrogens with one attached hydrogen (secondary N) is 2. The fourth-order valence-electron chi connectivity index (χ4n) is 2.03. The molecule has 1 saturated carbocycles. The number of carboxylic acid groups (broad SMARTS) is 1. The fraction of sp³-hybridized carbons (Fsp3) is 0.700. The predicted octanol–water partition coefficient (Wildman–Crippen LogP) is -0.586. The summed E-state index contributed by atoms with van der Waals surface area (Å²) >= 11 is 0. The van der Waals surface area contributed by atoms with Crippen LogP contribution in [0.5, 0.6) is 0 Å². The first-order valence-corrected chi connectivity index (χ1v) is 5.42. The number of nitrogens with two attached hydrogens (primary N) is 1. The van der Waals surface area contributed by atoms with Crippen LogP contribution in [0.25, 0.3) is 0 Å². The van der Waals surface area contributed by atoms with E-state index in [1.54, 1.807) is 6.92 Å². The van der Waals surface area contributed by atoms with E-state index >= 15 is 0 Å². The van der Waals surface area contributed by atoms with Gasteiger partial charge in [0.25, 0.3) is 0 Å². The van der Waals surface area contributed by atoms with E-state index in [0.29, 0.717) is 12.8 Å². The number of hydrogen-bond donors (Lipinski definition) is 4. The van der Waals surface area contributed by atoms with Crippen molar-refractivity contribution < 1.29 is 19.5 Å². The van der Waals surface area contributed by atoms with Crippen LogP contribution in [0, 0.1) is 5.41 Å². The maximum Gasteiger partial charge on any atom is 0.315 e. The Kier molecular flexibility index (Phi) is 3.93. The second-order valence-corrected chi connectivity index (χ2v) is 4.46. The molecular formula is C10H17N3O4. The molecule has 0 heterocycles. The van der Waals surface area contributed by atoms with Crippen LogP contribution >= 0.6 is 0 Å². The quantitative estimate of drug-likeness (QED) is 0.527. The normalized spacial score (nSPS) is 27.5. The Labute approximate surface area is 98.7 Å². The van der Waals surface area contributed by atoms with E-state index < -0.39 is 29.4 Å². The van der Waals surface area contributed by atoms with Crippen LogP contribution in [0.15, 0.2) is 0 Å². The Hall–Kier alpha value is -1.79. The van der Waals surface area contributed by atoms with E-state index in [0.717, 1.165) is 6.42 Å². The highest BCUT2D eigenvalue weighted by Crippen LogP contribution is 2.38. The largest absolute Gasteiger partial charge is 0.481 e. The number of hydrogen-bond acceptors (Lipinski definition) is 3. The molecule has 0 aromatic rings. The van der Waals surface area contributed by atoms with E-state index in [9.17, 15) is 14.4 Å². The summed E-state index contributed by atoms with van der Waals surface area (Å²) in [5.41, 5.74) is 3.93. The lowest BCUT2D eigenvalue weighted by Crippen LogP contribution is -2.51. The van der Waals surface area contributed by atoms with Crippen LogP contribution in [0.4, 0.5) is 4.79 Å². The molecule has 0 aliphatic heterocycles. The average Bonchev–Trinajstić information content (AvgIpc) is 2.59. The van der Waals surface area contributed by atoms with E-state index in [1.165, 1.54) is 0 Å². The molecule has 1 aliphatic rings. The predicted molar refractivity (Wildman–Crippen MR) is 59.1 cm³/mol. The standard InChI is InChI=1S/C10H17N3O4/c1-10(8(15)16)4-2-3-6(10)13-9(17)12-5-7(11)14/h6H,2-5H2,1H3,(H2,11,14)(H,15,16)(H2,12,13,17). The molecule has 5 N–H and O–H groups in total. The lowest BCUT2D eigenvalue weighted by molar-refractivity contribution is -0.148. The number of amides is 3. The Morgan fingerprint density at radius 3 is 2.65 bits per heavy atom. The summed E-state index contributed by atoms with van der Waals surface area (Å²) in [6.07, 6.45) is 1.90. The van der Waals surface area contributed by atoms with Crippen LogP contribution in [0.2, 0.25) is 0 Å². The van der Waals surface area contributed by atoms with Crippen molar-refractivity contribution in [2.45, 2.75) is 32.2 Å². The zero-order valence-electron chi connectivity index (χ0n) is 9.66. The van der Waals surface area contributed by atoms with Crippen LogP contribution in [-0.2, 0) is 9.59 Å². The highest BCUT2D eigenvalue weighted by molar-refractivity contribution is 5.83. The molecule has 0 bridgehead atoms. The van der Waals surface area contributed by atoms with Crippen LogP contribution < -0.4 is 16.4 Å². The van der Waals surface area contributed by atoms with E-state index in [1.807, 2.05) is 0 Å². The minimum absolute atomic E-state index is 0.262. The molecule has 1 fully saturated rings. The van der Waals surface area contributed by atoms with Gasteiger partial charge in [-0.15, -0.1) is 0 Å². The van der Waals surface area contributed by atoms with Gasteiger partial charge >= 0.3 is 12.0 Å². The molecule has 2 atom stereocenters. The van der Waals surface area contributed by atoms with Crippen LogP contribution in [0.3, 0.4) is 0 Å². The minimum Gasteiger partial charge on any atom is -0.481 e. The van der Waals surface area contributed by atoms with E-state index in [2.05, 4.69) is 10.6 Å². The minimum atomic E-state index is -0.940. The van der Waals surface area contributed by atoms with Crippen molar-refractivity contribution in [3.63, 3.8) is 0 Å².